The first-order chi connectivity index (χ1) is 26.1. The molecule has 1 N–H and O–H groups in total. The maximum atomic E-state index is 4.16. The number of aromatic nitrogens is 1. The Morgan fingerprint density at radius 2 is 1.66 bits per heavy atom. The van der Waals surface area contributed by atoms with Crippen LogP contribution >= 0.6 is 0 Å². The van der Waals surface area contributed by atoms with Gasteiger partial charge in [-0.1, -0.05) is 147 Å². The van der Waals surface area contributed by atoms with Gasteiger partial charge >= 0.3 is 0 Å². The van der Waals surface area contributed by atoms with Gasteiger partial charge in [0.1, 0.15) is 0 Å². The normalized spacial score (nSPS) is 16.1. The fraction of sp³-hybridized carbons (Fsp3) is 0.137. The standard InChI is InChI=1S/C51H46N2/c1-5-16-39(32-35(4)42-20-11-13-23-48(42)52-41-29-26-38(27-30-41)37-18-9-8-10-19-37)40-28-31-51-47(34-40)45-21-12-14-24-49(45)53(51)50-25-15-22-44-43(17-6-2)36(7-3)33-46(44)50/h6-29,31-32,34,41,52H,3,5,30,33H2,1-2,4H3/b17-6-,35-32+,39-16+. The maximum absolute atomic E-state index is 4.16. The van der Waals surface area contributed by atoms with E-state index < -0.39 is 0 Å². The molecule has 0 amide bonds. The molecule has 1 aromatic heterocycles. The van der Waals surface area contributed by atoms with Crippen molar-refractivity contribution in [2.75, 3.05) is 5.32 Å². The van der Waals surface area contributed by atoms with Gasteiger partial charge in [-0.2, -0.15) is 0 Å². The van der Waals surface area contributed by atoms with Crippen LogP contribution in [0.3, 0.4) is 0 Å². The minimum Gasteiger partial charge on any atom is -0.378 e. The highest BCUT2D eigenvalue weighted by atomic mass is 15.0. The molecule has 1 heterocycles. The Morgan fingerprint density at radius 3 is 2.45 bits per heavy atom. The Bertz CT molecular complexity index is 2540. The van der Waals surface area contributed by atoms with Gasteiger partial charge in [-0.25, -0.2) is 0 Å². The van der Waals surface area contributed by atoms with Crippen LogP contribution in [0.5, 0.6) is 0 Å². The molecule has 2 nitrogen and oxygen atoms in total. The zero-order valence-corrected chi connectivity index (χ0v) is 30.9. The molecule has 0 saturated heterocycles. The summed E-state index contributed by atoms with van der Waals surface area (Å²) in [4.78, 5) is 0. The predicted octanol–water partition coefficient (Wildman–Crippen LogP) is 13.6. The average Bonchev–Trinajstić information content (AvgIpc) is 3.73. The molecule has 0 aliphatic heterocycles. The van der Waals surface area contributed by atoms with Crippen molar-refractivity contribution in [3.05, 3.63) is 204 Å². The number of hydrogen-bond donors (Lipinski definition) is 1. The lowest BCUT2D eigenvalue weighted by atomic mass is 9.95. The summed E-state index contributed by atoms with van der Waals surface area (Å²) < 4.78 is 2.47. The first kappa shape index (κ1) is 34.0. The number of rotatable bonds is 10. The molecule has 6 aromatic rings. The number of nitrogens with zero attached hydrogens (tertiary/aromatic N) is 1. The van der Waals surface area contributed by atoms with E-state index in [2.05, 4.69) is 195 Å². The van der Waals surface area contributed by atoms with E-state index in [0.29, 0.717) is 0 Å². The van der Waals surface area contributed by atoms with E-state index in [4.69, 9.17) is 0 Å². The second-order valence-electron chi connectivity index (χ2n) is 14.0. The largest absolute Gasteiger partial charge is 0.378 e. The van der Waals surface area contributed by atoms with Crippen molar-refractivity contribution in [3.63, 3.8) is 0 Å². The van der Waals surface area contributed by atoms with Crippen molar-refractivity contribution in [1.29, 1.82) is 0 Å². The monoisotopic (exact) mass is 686 g/mol. The SMILES string of the molecule is C=CC1=C(/C=C\C)c2cccc(-n3c4ccccc4c4cc(C(=C/CC)/C=C(\C)c5ccccc5NC5C=CC(c6ccccc6)=CC5)ccc43)c2C1. The predicted molar refractivity (Wildman–Crippen MR) is 230 cm³/mol. The molecule has 0 spiro atoms. The summed E-state index contributed by atoms with van der Waals surface area (Å²) in [6.45, 7) is 10.7. The molecular formula is C51H46N2. The third-order valence-electron chi connectivity index (χ3n) is 10.7. The second kappa shape index (κ2) is 14.9. The van der Waals surface area contributed by atoms with E-state index in [1.54, 1.807) is 0 Å². The van der Waals surface area contributed by atoms with Crippen LogP contribution in [0.2, 0.25) is 0 Å². The number of benzene rings is 5. The van der Waals surface area contributed by atoms with Crippen LogP contribution in [-0.4, -0.2) is 10.6 Å². The molecule has 1 unspecified atom stereocenters. The second-order valence-corrected chi connectivity index (χ2v) is 14.0. The van der Waals surface area contributed by atoms with Gasteiger partial charge in [0.2, 0.25) is 0 Å². The van der Waals surface area contributed by atoms with Crippen LogP contribution in [0.1, 0.15) is 61.4 Å². The third-order valence-corrected chi connectivity index (χ3v) is 10.7. The quantitative estimate of drug-likeness (QED) is 0.142. The molecule has 0 fully saturated rings. The number of allylic oxidation sites excluding steroid dienone is 11. The number of fused-ring (bicyclic) bond motifs is 4. The third kappa shape index (κ3) is 6.47. The van der Waals surface area contributed by atoms with Gasteiger partial charge in [0, 0.05) is 34.5 Å². The van der Waals surface area contributed by atoms with Crippen molar-refractivity contribution in [2.24, 2.45) is 0 Å². The summed E-state index contributed by atoms with van der Waals surface area (Å²) in [7, 11) is 0. The molecule has 0 radical (unpaired) electrons. The Balaban J connectivity index is 1.14. The fourth-order valence-electron chi connectivity index (χ4n) is 8.15. The molecule has 2 aliphatic carbocycles. The summed E-state index contributed by atoms with van der Waals surface area (Å²) in [6, 6.07) is 42.2. The zero-order valence-electron chi connectivity index (χ0n) is 30.9. The van der Waals surface area contributed by atoms with Gasteiger partial charge < -0.3 is 9.88 Å². The molecule has 0 saturated carbocycles. The van der Waals surface area contributed by atoms with Gasteiger partial charge in [0.25, 0.3) is 0 Å². The lowest BCUT2D eigenvalue weighted by molar-refractivity contribution is 0.885. The maximum Gasteiger partial charge on any atom is 0.0541 e. The lowest BCUT2D eigenvalue weighted by Crippen LogP contribution is -2.18. The molecule has 53 heavy (non-hydrogen) atoms. The van der Waals surface area contributed by atoms with Crippen LogP contribution in [0.4, 0.5) is 5.69 Å². The minimum atomic E-state index is 0.237. The molecule has 8 rings (SSSR count). The Morgan fingerprint density at radius 1 is 0.868 bits per heavy atom. The Kier molecular flexibility index (Phi) is 9.53. The highest BCUT2D eigenvalue weighted by Crippen LogP contribution is 2.41. The van der Waals surface area contributed by atoms with Gasteiger partial charge in [0.05, 0.1) is 16.7 Å². The van der Waals surface area contributed by atoms with Gasteiger partial charge in [-0.05, 0) is 107 Å². The molecule has 2 aliphatic rings. The van der Waals surface area contributed by atoms with E-state index >= 15 is 0 Å². The van der Waals surface area contributed by atoms with Crippen molar-refractivity contribution >= 4 is 49.8 Å². The Hall–Kier alpha value is -6.12. The number of hydrogen-bond acceptors (Lipinski definition) is 1. The highest BCUT2D eigenvalue weighted by molar-refractivity contribution is 6.10. The van der Waals surface area contributed by atoms with Crippen LogP contribution in [0, 0.1) is 0 Å². The van der Waals surface area contributed by atoms with Gasteiger partial charge in [-0.15, -0.1) is 0 Å². The van der Waals surface area contributed by atoms with E-state index in [1.807, 2.05) is 6.08 Å². The van der Waals surface area contributed by atoms with E-state index in [9.17, 15) is 0 Å². The fourth-order valence-corrected chi connectivity index (χ4v) is 8.15. The summed E-state index contributed by atoms with van der Waals surface area (Å²) in [5, 5.41) is 6.37. The molecule has 260 valence electrons. The first-order valence-electron chi connectivity index (χ1n) is 18.9. The topological polar surface area (TPSA) is 17.0 Å². The Labute approximate surface area is 314 Å². The molecular weight excluding hydrogens is 641 g/mol. The number of para-hydroxylation sites is 2. The zero-order chi connectivity index (χ0) is 36.3. The molecule has 2 heteroatoms. The number of anilines is 1. The van der Waals surface area contributed by atoms with Crippen molar-refractivity contribution < 1.29 is 0 Å². The van der Waals surface area contributed by atoms with Crippen molar-refractivity contribution in [3.8, 4) is 5.69 Å². The van der Waals surface area contributed by atoms with Crippen LogP contribution in [0.25, 0.3) is 49.8 Å². The summed E-state index contributed by atoms with van der Waals surface area (Å²) in [6.07, 6.45) is 20.8. The smallest absolute Gasteiger partial charge is 0.0541 e. The number of nitrogens with one attached hydrogen (secondary N) is 1. The summed E-state index contributed by atoms with van der Waals surface area (Å²) >= 11 is 0. The summed E-state index contributed by atoms with van der Waals surface area (Å²) in [5.74, 6) is 0. The van der Waals surface area contributed by atoms with E-state index in [0.717, 1.165) is 24.9 Å². The van der Waals surface area contributed by atoms with Gasteiger partial charge in [-0.3, -0.25) is 0 Å². The van der Waals surface area contributed by atoms with Crippen LogP contribution in [-0.2, 0) is 6.42 Å². The van der Waals surface area contributed by atoms with Crippen molar-refractivity contribution in [2.45, 2.75) is 46.1 Å². The lowest BCUT2D eigenvalue weighted by Gasteiger charge is -2.21. The van der Waals surface area contributed by atoms with Crippen molar-refractivity contribution in [1.82, 2.24) is 4.57 Å². The summed E-state index contributed by atoms with van der Waals surface area (Å²) in [5.41, 5.74) is 17.5. The molecule has 1 atom stereocenters. The van der Waals surface area contributed by atoms with Gasteiger partial charge in [0.15, 0.2) is 0 Å². The average molecular weight is 687 g/mol. The van der Waals surface area contributed by atoms with E-state index in [-0.39, 0.29) is 6.04 Å². The highest BCUT2D eigenvalue weighted by Gasteiger charge is 2.24. The van der Waals surface area contributed by atoms with E-state index in [1.165, 1.54) is 83.2 Å². The van der Waals surface area contributed by atoms with Crippen LogP contribution < -0.4 is 5.32 Å². The molecule has 5 aromatic carbocycles. The minimum absolute atomic E-state index is 0.237. The first-order valence-corrected chi connectivity index (χ1v) is 18.9. The van der Waals surface area contributed by atoms with Crippen LogP contribution in [0.15, 0.2) is 176 Å². The molecule has 0 bridgehead atoms.